The summed E-state index contributed by atoms with van der Waals surface area (Å²) < 4.78 is 12.6. The van der Waals surface area contributed by atoms with Crippen molar-refractivity contribution < 1.29 is 19.7 Å². The summed E-state index contributed by atoms with van der Waals surface area (Å²) in [4.78, 5) is 2.35. The third kappa shape index (κ3) is 7.98. The minimum absolute atomic E-state index is 0.152. The second kappa shape index (κ2) is 13.3. The molecule has 0 spiro atoms. The van der Waals surface area contributed by atoms with Crippen molar-refractivity contribution in [2.24, 2.45) is 0 Å². The summed E-state index contributed by atoms with van der Waals surface area (Å²) >= 11 is 7.91. The number of aliphatic hydroxyl groups excluding tert-OH is 2. The molecule has 2 aromatic carbocycles. The van der Waals surface area contributed by atoms with Gasteiger partial charge in [0.15, 0.2) is 0 Å². The molecule has 1 aliphatic rings. The van der Waals surface area contributed by atoms with Crippen molar-refractivity contribution in [2.75, 3.05) is 38.7 Å². The standard InChI is InChI=1S/C27H37ClINO4/c1-27(2,21-9-12-26(25(29)15-21)34-18-22(31)16-28)20-7-10-24(11-8-20)33-19-23(32)17-30-13-5-3-4-6-14-30/h7-12,15,22-23,31-32H,3-6,13-14,16-19H2,1-2H3/t22-,23-/m1/s1. The number of likely N-dealkylation sites (tertiary alicyclic amines) is 1. The molecule has 0 radical (unpaired) electrons. The van der Waals surface area contributed by atoms with Crippen LogP contribution in [0.3, 0.4) is 0 Å². The highest BCUT2D eigenvalue weighted by atomic mass is 127. The number of hydrogen-bond acceptors (Lipinski definition) is 5. The van der Waals surface area contributed by atoms with Gasteiger partial charge in [0.1, 0.15) is 36.9 Å². The van der Waals surface area contributed by atoms with Crippen LogP contribution in [0.5, 0.6) is 11.5 Å². The van der Waals surface area contributed by atoms with Crippen LogP contribution >= 0.6 is 34.2 Å². The monoisotopic (exact) mass is 601 g/mol. The molecule has 188 valence electrons. The minimum atomic E-state index is -0.676. The number of halogens is 2. The highest BCUT2D eigenvalue weighted by Gasteiger charge is 2.24. The predicted octanol–water partition coefficient (Wildman–Crippen LogP) is 5.21. The van der Waals surface area contributed by atoms with Gasteiger partial charge in [-0.3, -0.25) is 0 Å². The molecule has 2 atom stereocenters. The van der Waals surface area contributed by atoms with Gasteiger partial charge in [-0.2, -0.15) is 0 Å². The molecule has 0 aromatic heterocycles. The van der Waals surface area contributed by atoms with Crippen LogP contribution in [-0.2, 0) is 5.41 Å². The molecule has 0 aliphatic carbocycles. The first-order chi connectivity index (χ1) is 16.3. The molecule has 0 unspecified atom stereocenters. The van der Waals surface area contributed by atoms with Crippen LogP contribution in [-0.4, -0.2) is 66.0 Å². The number of benzene rings is 2. The van der Waals surface area contributed by atoms with E-state index in [1.165, 1.54) is 36.8 Å². The van der Waals surface area contributed by atoms with Gasteiger partial charge in [0, 0.05) is 12.0 Å². The topological polar surface area (TPSA) is 62.2 Å². The molecule has 1 saturated heterocycles. The largest absolute Gasteiger partial charge is 0.491 e. The second-order valence-electron chi connectivity index (χ2n) is 9.59. The molecule has 1 heterocycles. The molecular formula is C27H37ClINO4. The zero-order valence-electron chi connectivity index (χ0n) is 20.2. The fraction of sp³-hybridized carbons (Fsp3) is 0.556. The maximum atomic E-state index is 10.4. The number of nitrogens with zero attached hydrogens (tertiary/aromatic N) is 1. The lowest BCUT2D eigenvalue weighted by Crippen LogP contribution is -2.36. The Balaban J connectivity index is 1.56. The van der Waals surface area contributed by atoms with Gasteiger partial charge in [0.25, 0.3) is 0 Å². The summed E-state index contributed by atoms with van der Waals surface area (Å²) in [5.74, 6) is 1.66. The Morgan fingerprint density at radius 2 is 1.53 bits per heavy atom. The molecule has 7 heteroatoms. The van der Waals surface area contributed by atoms with Crippen LogP contribution in [0.15, 0.2) is 42.5 Å². The summed E-state index contributed by atoms with van der Waals surface area (Å²) in [6, 6.07) is 14.3. The van der Waals surface area contributed by atoms with E-state index in [-0.39, 0.29) is 17.9 Å². The number of β-amino-alcohol motifs (C(OH)–C–C–N with tert-alkyl or cyclic N) is 1. The Morgan fingerprint density at radius 3 is 2.15 bits per heavy atom. The molecule has 1 aliphatic heterocycles. The summed E-state index contributed by atoms with van der Waals surface area (Å²) in [5, 5.41) is 20.1. The van der Waals surface area contributed by atoms with E-state index in [1.807, 2.05) is 18.2 Å². The molecule has 3 rings (SSSR count). The molecule has 2 aromatic rings. The smallest absolute Gasteiger partial charge is 0.132 e. The summed E-state index contributed by atoms with van der Waals surface area (Å²) in [6.45, 7) is 7.68. The molecular weight excluding hydrogens is 565 g/mol. The third-order valence-corrected chi connectivity index (χ3v) is 7.65. The highest BCUT2D eigenvalue weighted by molar-refractivity contribution is 14.1. The van der Waals surface area contributed by atoms with Crippen LogP contribution < -0.4 is 9.47 Å². The van der Waals surface area contributed by atoms with Gasteiger partial charge in [0.05, 0.1) is 9.45 Å². The normalized spacial score (nSPS) is 17.1. The lowest BCUT2D eigenvalue weighted by atomic mass is 9.78. The molecule has 5 nitrogen and oxygen atoms in total. The lowest BCUT2D eigenvalue weighted by molar-refractivity contribution is 0.0693. The van der Waals surface area contributed by atoms with Crippen molar-refractivity contribution in [1.29, 1.82) is 0 Å². The first-order valence-corrected chi connectivity index (χ1v) is 13.7. The number of alkyl halides is 1. The summed E-state index contributed by atoms with van der Waals surface area (Å²) in [5.41, 5.74) is 2.13. The lowest BCUT2D eigenvalue weighted by Gasteiger charge is -2.27. The fourth-order valence-electron chi connectivity index (χ4n) is 4.23. The van der Waals surface area contributed by atoms with E-state index < -0.39 is 12.2 Å². The number of ether oxygens (including phenoxy) is 2. The first-order valence-electron chi connectivity index (χ1n) is 12.1. The highest BCUT2D eigenvalue weighted by Crippen LogP contribution is 2.35. The van der Waals surface area contributed by atoms with Crippen molar-refractivity contribution >= 4 is 34.2 Å². The molecule has 34 heavy (non-hydrogen) atoms. The fourth-order valence-corrected chi connectivity index (χ4v) is 4.99. The van der Waals surface area contributed by atoms with Crippen molar-refractivity contribution in [3.05, 3.63) is 57.2 Å². The maximum Gasteiger partial charge on any atom is 0.132 e. The first kappa shape index (κ1) is 27.5. The van der Waals surface area contributed by atoms with Crippen molar-refractivity contribution in [2.45, 2.75) is 57.2 Å². The Labute approximate surface area is 222 Å². The van der Waals surface area contributed by atoms with Gasteiger partial charge in [-0.25, -0.2) is 0 Å². The van der Waals surface area contributed by atoms with Gasteiger partial charge in [-0.1, -0.05) is 44.9 Å². The number of rotatable bonds is 11. The average Bonchev–Trinajstić information content (AvgIpc) is 3.10. The Morgan fingerprint density at radius 1 is 0.912 bits per heavy atom. The molecule has 1 fully saturated rings. The summed E-state index contributed by atoms with van der Waals surface area (Å²) in [7, 11) is 0. The van der Waals surface area contributed by atoms with Crippen LogP contribution in [0, 0.1) is 3.57 Å². The van der Waals surface area contributed by atoms with Crippen molar-refractivity contribution in [3.8, 4) is 11.5 Å². The third-order valence-electron chi connectivity index (χ3n) is 6.45. The van der Waals surface area contributed by atoms with E-state index in [9.17, 15) is 10.2 Å². The zero-order chi connectivity index (χ0) is 24.6. The van der Waals surface area contributed by atoms with Crippen LogP contribution in [0.4, 0.5) is 0 Å². The SMILES string of the molecule is CC(C)(c1ccc(OC[C@H](O)CN2CCCCCC2)cc1)c1ccc(OC[C@H](O)CCl)c(I)c1. The van der Waals surface area contributed by atoms with Gasteiger partial charge in [-0.15, -0.1) is 11.6 Å². The number of aliphatic hydroxyl groups is 2. The van der Waals surface area contributed by atoms with E-state index in [0.717, 1.165) is 28.2 Å². The second-order valence-corrected chi connectivity index (χ2v) is 11.1. The molecule has 0 saturated carbocycles. The molecule has 0 bridgehead atoms. The van der Waals surface area contributed by atoms with E-state index in [0.29, 0.717) is 13.2 Å². The molecule has 0 amide bonds. The quantitative estimate of drug-likeness (QED) is 0.274. The zero-order valence-corrected chi connectivity index (χ0v) is 23.1. The van der Waals surface area contributed by atoms with Crippen molar-refractivity contribution in [3.63, 3.8) is 0 Å². The van der Waals surface area contributed by atoms with Crippen LogP contribution in [0.1, 0.15) is 50.7 Å². The van der Waals surface area contributed by atoms with Gasteiger partial charge >= 0.3 is 0 Å². The van der Waals surface area contributed by atoms with Crippen LogP contribution in [0.25, 0.3) is 0 Å². The predicted molar refractivity (Wildman–Crippen MR) is 146 cm³/mol. The van der Waals surface area contributed by atoms with Crippen molar-refractivity contribution in [1.82, 2.24) is 4.90 Å². The van der Waals surface area contributed by atoms with E-state index in [1.54, 1.807) is 0 Å². The van der Waals surface area contributed by atoms with Crippen LogP contribution in [0.2, 0.25) is 0 Å². The van der Waals surface area contributed by atoms with Gasteiger partial charge in [0.2, 0.25) is 0 Å². The Kier molecular flexibility index (Phi) is 10.8. The van der Waals surface area contributed by atoms with Gasteiger partial charge in [-0.05, 0) is 83.9 Å². The van der Waals surface area contributed by atoms with Gasteiger partial charge < -0.3 is 24.6 Å². The average molecular weight is 602 g/mol. The van der Waals surface area contributed by atoms with E-state index in [2.05, 4.69) is 65.6 Å². The maximum absolute atomic E-state index is 10.4. The number of hydrogen-bond donors (Lipinski definition) is 2. The minimum Gasteiger partial charge on any atom is -0.491 e. The summed E-state index contributed by atoms with van der Waals surface area (Å²) in [6.07, 6.45) is 3.86. The van der Waals surface area contributed by atoms with E-state index in [4.69, 9.17) is 21.1 Å². The Bertz CT molecular complexity index is 885. The van der Waals surface area contributed by atoms with E-state index >= 15 is 0 Å². The Hall–Kier alpha value is -1.06. The molecule has 2 N–H and O–H groups in total.